The van der Waals surface area contributed by atoms with Crippen molar-refractivity contribution in [2.24, 2.45) is 0 Å². The molecule has 204 valence electrons. The zero-order valence-electron chi connectivity index (χ0n) is 22.6. The van der Waals surface area contributed by atoms with Gasteiger partial charge >= 0.3 is 0 Å². The molecule has 2 heterocycles. The number of aromatic amines is 1. The van der Waals surface area contributed by atoms with Gasteiger partial charge in [0.15, 0.2) is 5.82 Å². The first kappa shape index (κ1) is 26.1. The summed E-state index contributed by atoms with van der Waals surface area (Å²) < 4.78 is 15.8. The molecule has 2 aromatic heterocycles. The van der Waals surface area contributed by atoms with Crippen LogP contribution in [0.15, 0.2) is 83.7 Å². The Balaban J connectivity index is 1.49. The quantitative estimate of drug-likeness (QED) is 0.253. The molecule has 1 aliphatic carbocycles. The summed E-state index contributed by atoms with van der Waals surface area (Å²) in [5.74, 6) is 0.391. The molecule has 8 heteroatoms. The lowest BCUT2D eigenvalue weighted by atomic mass is 10.0. The van der Waals surface area contributed by atoms with E-state index in [0.29, 0.717) is 24.5 Å². The Hall–Kier alpha value is -4.17. The van der Waals surface area contributed by atoms with Gasteiger partial charge in [0.2, 0.25) is 0 Å². The summed E-state index contributed by atoms with van der Waals surface area (Å²) in [6.45, 7) is 3.19. The van der Waals surface area contributed by atoms with E-state index in [1.54, 1.807) is 12.1 Å². The van der Waals surface area contributed by atoms with Gasteiger partial charge in [-0.25, -0.2) is 9.07 Å². The first-order chi connectivity index (χ1) is 19.5. The fourth-order valence-electron chi connectivity index (χ4n) is 5.88. The number of fused-ring (bicyclic) bond motifs is 1. The summed E-state index contributed by atoms with van der Waals surface area (Å²) in [4.78, 5) is 19.1. The molecule has 0 unspecified atom stereocenters. The Bertz CT molecular complexity index is 1640. The van der Waals surface area contributed by atoms with Crippen molar-refractivity contribution in [3.05, 3.63) is 123 Å². The monoisotopic (exact) mass is 536 g/mol. The predicted molar refractivity (Wildman–Crippen MR) is 153 cm³/mol. The number of hydrogen-bond donors (Lipinski definition) is 1. The SMILES string of the molecule is Cc1ccc2[nH]c(=O)c([C@H](c3nnnn3C3CCCC3)N(CCc3ccccc3)Cc3ccc(F)cc3)cc2c1. The van der Waals surface area contributed by atoms with E-state index in [4.69, 9.17) is 0 Å². The maximum Gasteiger partial charge on any atom is 0.253 e. The van der Waals surface area contributed by atoms with Gasteiger partial charge in [-0.3, -0.25) is 9.69 Å². The number of benzene rings is 3. The highest BCUT2D eigenvalue weighted by Gasteiger charge is 2.33. The van der Waals surface area contributed by atoms with Crippen molar-refractivity contribution in [3.63, 3.8) is 0 Å². The topological polar surface area (TPSA) is 79.7 Å². The molecule has 0 radical (unpaired) electrons. The zero-order valence-corrected chi connectivity index (χ0v) is 22.6. The number of nitrogens with zero attached hydrogens (tertiary/aromatic N) is 5. The van der Waals surface area contributed by atoms with Crippen LogP contribution >= 0.6 is 0 Å². The van der Waals surface area contributed by atoms with Crippen molar-refractivity contribution in [2.45, 2.75) is 57.7 Å². The minimum atomic E-state index is -0.502. The van der Waals surface area contributed by atoms with E-state index >= 15 is 0 Å². The summed E-state index contributed by atoms with van der Waals surface area (Å²) >= 11 is 0. The van der Waals surface area contributed by atoms with Crippen LogP contribution in [0.1, 0.15) is 65.8 Å². The second-order valence-electron chi connectivity index (χ2n) is 10.8. The van der Waals surface area contributed by atoms with Gasteiger partial charge in [-0.15, -0.1) is 5.10 Å². The number of aryl methyl sites for hydroxylation is 1. The molecule has 0 saturated heterocycles. The third kappa shape index (κ3) is 5.58. The lowest BCUT2D eigenvalue weighted by Gasteiger charge is -2.32. The van der Waals surface area contributed by atoms with Crippen LogP contribution in [0.4, 0.5) is 4.39 Å². The van der Waals surface area contributed by atoms with Gasteiger partial charge in [0.25, 0.3) is 5.56 Å². The van der Waals surface area contributed by atoms with Crippen molar-refractivity contribution < 1.29 is 4.39 Å². The molecule has 0 aliphatic heterocycles. The predicted octanol–water partition coefficient (Wildman–Crippen LogP) is 5.91. The molecule has 0 spiro atoms. The molecule has 7 nitrogen and oxygen atoms in total. The van der Waals surface area contributed by atoms with Crippen LogP contribution in [-0.2, 0) is 13.0 Å². The molecule has 0 amide bonds. The Kier molecular flexibility index (Phi) is 7.51. The highest BCUT2D eigenvalue weighted by Crippen LogP contribution is 2.34. The second kappa shape index (κ2) is 11.5. The number of nitrogens with one attached hydrogen (secondary N) is 1. The fourth-order valence-corrected chi connectivity index (χ4v) is 5.88. The number of halogens is 1. The van der Waals surface area contributed by atoms with Gasteiger partial charge in [0, 0.05) is 24.2 Å². The Labute approximate surface area is 232 Å². The molecule has 1 aliphatic rings. The summed E-state index contributed by atoms with van der Waals surface area (Å²) in [5, 5.41) is 14.1. The Morgan fingerprint density at radius 1 is 1.00 bits per heavy atom. The molecule has 1 N–H and O–H groups in total. The van der Waals surface area contributed by atoms with Crippen molar-refractivity contribution in [1.82, 2.24) is 30.1 Å². The van der Waals surface area contributed by atoms with Crippen LogP contribution < -0.4 is 5.56 Å². The molecular weight excluding hydrogens is 503 g/mol. The van der Waals surface area contributed by atoms with E-state index in [-0.39, 0.29) is 17.4 Å². The van der Waals surface area contributed by atoms with Crippen LogP contribution in [0.3, 0.4) is 0 Å². The summed E-state index contributed by atoms with van der Waals surface area (Å²) in [6, 6.07) is 24.6. The Morgan fingerprint density at radius 3 is 2.55 bits per heavy atom. The number of H-pyrrole nitrogens is 1. The number of pyridine rings is 1. The standard InChI is InChI=1S/C32H33FN6O/c1-22-11-16-29-25(19-22)20-28(32(40)34-29)30(31-35-36-37-39(31)27-9-5-6-10-27)38(18-17-23-7-3-2-4-8-23)21-24-12-14-26(33)15-13-24/h2-4,7-8,11-16,19-20,27,30H,5-6,9-10,17-18,21H2,1H3,(H,34,40)/t30-/m1/s1. The number of rotatable bonds is 9. The van der Waals surface area contributed by atoms with Crippen LogP contribution in [0.2, 0.25) is 0 Å². The van der Waals surface area contributed by atoms with Crippen molar-refractivity contribution in [1.29, 1.82) is 0 Å². The smallest absolute Gasteiger partial charge is 0.253 e. The fraction of sp³-hybridized carbons (Fsp3) is 0.312. The van der Waals surface area contributed by atoms with Crippen molar-refractivity contribution in [2.75, 3.05) is 6.54 Å². The molecule has 40 heavy (non-hydrogen) atoms. The second-order valence-corrected chi connectivity index (χ2v) is 10.8. The van der Waals surface area contributed by atoms with Crippen LogP contribution in [0.25, 0.3) is 10.9 Å². The molecule has 5 aromatic rings. The van der Waals surface area contributed by atoms with E-state index < -0.39 is 6.04 Å². The summed E-state index contributed by atoms with van der Waals surface area (Å²) in [7, 11) is 0. The van der Waals surface area contributed by atoms with Gasteiger partial charge < -0.3 is 4.98 Å². The minimum absolute atomic E-state index is 0.161. The zero-order chi connectivity index (χ0) is 27.5. The first-order valence-corrected chi connectivity index (χ1v) is 14.0. The van der Waals surface area contributed by atoms with E-state index in [2.05, 4.69) is 43.6 Å². The minimum Gasteiger partial charge on any atom is -0.322 e. The number of tetrazole rings is 1. The molecule has 1 fully saturated rings. The van der Waals surface area contributed by atoms with Crippen LogP contribution in [0.5, 0.6) is 0 Å². The molecule has 1 saturated carbocycles. The van der Waals surface area contributed by atoms with Crippen molar-refractivity contribution >= 4 is 10.9 Å². The van der Waals surface area contributed by atoms with Gasteiger partial charge in [0.05, 0.1) is 6.04 Å². The first-order valence-electron chi connectivity index (χ1n) is 14.0. The largest absolute Gasteiger partial charge is 0.322 e. The highest BCUT2D eigenvalue weighted by molar-refractivity contribution is 5.79. The van der Waals surface area contributed by atoms with Crippen molar-refractivity contribution in [3.8, 4) is 0 Å². The lowest BCUT2D eigenvalue weighted by molar-refractivity contribution is 0.201. The third-order valence-electron chi connectivity index (χ3n) is 7.95. The Morgan fingerprint density at radius 2 is 1.77 bits per heavy atom. The van der Waals surface area contributed by atoms with E-state index in [0.717, 1.165) is 54.1 Å². The average Bonchev–Trinajstić information content (AvgIpc) is 3.67. The maximum absolute atomic E-state index is 13.8. The van der Waals surface area contributed by atoms with E-state index in [9.17, 15) is 9.18 Å². The van der Waals surface area contributed by atoms with Gasteiger partial charge in [-0.2, -0.15) is 0 Å². The molecule has 6 rings (SSSR count). The number of hydrogen-bond acceptors (Lipinski definition) is 5. The van der Waals surface area contributed by atoms with Crippen LogP contribution in [-0.4, -0.2) is 36.6 Å². The summed E-state index contributed by atoms with van der Waals surface area (Å²) in [6.07, 6.45) is 5.07. The normalized spacial score (nSPS) is 14.8. The molecule has 1 atom stereocenters. The summed E-state index contributed by atoms with van der Waals surface area (Å²) in [5.41, 5.74) is 4.50. The average molecular weight is 537 g/mol. The van der Waals surface area contributed by atoms with E-state index in [1.165, 1.54) is 17.7 Å². The van der Waals surface area contributed by atoms with Gasteiger partial charge in [0.1, 0.15) is 11.9 Å². The van der Waals surface area contributed by atoms with Gasteiger partial charge in [-0.05, 0) is 83.5 Å². The number of aromatic nitrogens is 5. The molecule has 3 aromatic carbocycles. The molecule has 0 bridgehead atoms. The van der Waals surface area contributed by atoms with Crippen LogP contribution in [0, 0.1) is 12.7 Å². The maximum atomic E-state index is 13.8. The molecular formula is C32H33FN6O. The third-order valence-corrected chi connectivity index (χ3v) is 7.95. The lowest BCUT2D eigenvalue weighted by Crippen LogP contribution is -2.36. The van der Waals surface area contributed by atoms with Gasteiger partial charge in [-0.1, -0.05) is 66.9 Å². The van der Waals surface area contributed by atoms with E-state index in [1.807, 2.05) is 48.0 Å². The highest BCUT2D eigenvalue weighted by atomic mass is 19.1.